The molecule has 124 valence electrons. The van der Waals surface area contributed by atoms with Crippen molar-refractivity contribution < 1.29 is 0 Å². The monoisotopic (exact) mass is 333 g/mol. The molecule has 1 saturated heterocycles. The number of aromatic amines is 1. The van der Waals surface area contributed by atoms with E-state index in [0.29, 0.717) is 11.7 Å². The number of aromatic nitrogens is 6. The Morgan fingerprint density at radius 3 is 2.87 bits per heavy atom. The molecule has 7 nitrogen and oxygen atoms in total. The molecule has 3 heterocycles. The average molecular weight is 333 g/mol. The molecule has 0 spiro atoms. The summed E-state index contributed by atoms with van der Waals surface area (Å²) in [5, 5.41) is 20.3. The van der Waals surface area contributed by atoms with E-state index >= 15 is 0 Å². The third-order valence-electron chi connectivity index (χ3n) is 3.99. The molecule has 0 bridgehead atoms. The molecule has 2 aromatic rings. The molecule has 0 aliphatic carbocycles. The zero-order valence-corrected chi connectivity index (χ0v) is 14.3. The second-order valence-electron chi connectivity index (χ2n) is 5.60. The first-order valence-electron chi connectivity index (χ1n) is 8.09. The van der Waals surface area contributed by atoms with Gasteiger partial charge in [-0.3, -0.25) is 5.10 Å². The molecule has 1 aliphatic rings. The van der Waals surface area contributed by atoms with Crippen LogP contribution in [0.15, 0.2) is 17.8 Å². The average Bonchev–Trinajstić information content (AvgIpc) is 3.21. The van der Waals surface area contributed by atoms with Gasteiger partial charge in [-0.15, -0.1) is 16.8 Å². The van der Waals surface area contributed by atoms with Gasteiger partial charge in [-0.1, -0.05) is 24.8 Å². The van der Waals surface area contributed by atoms with Crippen LogP contribution in [0.5, 0.6) is 0 Å². The number of aryl methyl sites for hydroxylation is 1. The standard InChI is InChI=1S/C15H23N7S/c1-3-9-22-14(11-5-7-16-8-6-11)20-21-15(22)23-10-13-17-12(4-2)18-19-13/h3,11,16H,1,4-10H2,2H3,(H,17,18,19). The van der Waals surface area contributed by atoms with Crippen LogP contribution < -0.4 is 5.32 Å². The minimum absolute atomic E-state index is 0.482. The number of thioether (sulfide) groups is 1. The van der Waals surface area contributed by atoms with Crippen molar-refractivity contribution in [1.29, 1.82) is 0 Å². The van der Waals surface area contributed by atoms with Crippen LogP contribution in [-0.2, 0) is 18.7 Å². The van der Waals surface area contributed by atoms with Gasteiger partial charge in [0.1, 0.15) is 17.5 Å². The highest BCUT2D eigenvalue weighted by molar-refractivity contribution is 7.98. The zero-order chi connectivity index (χ0) is 16.1. The Balaban J connectivity index is 1.72. The van der Waals surface area contributed by atoms with E-state index in [9.17, 15) is 0 Å². The smallest absolute Gasteiger partial charge is 0.191 e. The molecule has 1 fully saturated rings. The van der Waals surface area contributed by atoms with Gasteiger partial charge in [-0.05, 0) is 25.9 Å². The Labute approximate surface area is 140 Å². The van der Waals surface area contributed by atoms with E-state index in [4.69, 9.17) is 0 Å². The summed E-state index contributed by atoms with van der Waals surface area (Å²) in [5.74, 6) is 4.01. The third kappa shape index (κ3) is 3.81. The van der Waals surface area contributed by atoms with Gasteiger partial charge in [0.25, 0.3) is 0 Å². The van der Waals surface area contributed by atoms with Gasteiger partial charge >= 0.3 is 0 Å². The molecule has 23 heavy (non-hydrogen) atoms. The van der Waals surface area contributed by atoms with Gasteiger partial charge in [0.05, 0.1) is 5.75 Å². The van der Waals surface area contributed by atoms with Crippen LogP contribution in [-0.4, -0.2) is 43.0 Å². The largest absolute Gasteiger partial charge is 0.317 e. The van der Waals surface area contributed by atoms with Gasteiger partial charge in [0, 0.05) is 18.9 Å². The Hall–Kier alpha value is -1.67. The highest BCUT2D eigenvalue weighted by Gasteiger charge is 2.23. The van der Waals surface area contributed by atoms with Gasteiger partial charge in [-0.2, -0.15) is 5.10 Å². The minimum atomic E-state index is 0.482. The number of piperidine rings is 1. The molecule has 0 atom stereocenters. The van der Waals surface area contributed by atoms with Gasteiger partial charge in [-0.25, -0.2) is 4.98 Å². The summed E-state index contributed by atoms with van der Waals surface area (Å²) >= 11 is 1.64. The number of nitrogens with one attached hydrogen (secondary N) is 2. The molecule has 2 aromatic heterocycles. The van der Waals surface area contributed by atoms with Crippen LogP contribution >= 0.6 is 11.8 Å². The Kier molecular flexibility index (Phi) is 5.45. The summed E-state index contributed by atoms with van der Waals surface area (Å²) < 4.78 is 2.19. The van der Waals surface area contributed by atoms with Gasteiger partial charge in [0.15, 0.2) is 5.16 Å². The summed E-state index contributed by atoms with van der Waals surface area (Å²) in [4.78, 5) is 4.44. The first-order chi connectivity index (χ1) is 11.3. The molecule has 8 heteroatoms. The van der Waals surface area contributed by atoms with Crippen LogP contribution in [0.25, 0.3) is 0 Å². The zero-order valence-electron chi connectivity index (χ0n) is 13.5. The molecule has 0 amide bonds. The van der Waals surface area contributed by atoms with Crippen molar-refractivity contribution in [2.24, 2.45) is 0 Å². The summed E-state index contributed by atoms with van der Waals surface area (Å²) in [6, 6.07) is 0. The van der Waals surface area contributed by atoms with E-state index in [0.717, 1.165) is 61.5 Å². The lowest BCUT2D eigenvalue weighted by Gasteiger charge is -2.22. The van der Waals surface area contributed by atoms with Crippen LogP contribution in [0, 0.1) is 0 Å². The Morgan fingerprint density at radius 1 is 1.35 bits per heavy atom. The topological polar surface area (TPSA) is 84.3 Å². The van der Waals surface area contributed by atoms with E-state index in [1.165, 1.54) is 0 Å². The lowest BCUT2D eigenvalue weighted by atomic mass is 9.97. The van der Waals surface area contributed by atoms with E-state index < -0.39 is 0 Å². The fourth-order valence-corrected chi connectivity index (χ4v) is 3.60. The quantitative estimate of drug-likeness (QED) is 0.595. The van der Waals surface area contributed by atoms with Crippen LogP contribution in [0.3, 0.4) is 0 Å². The van der Waals surface area contributed by atoms with Crippen molar-refractivity contribution >= 4 is 11.8 Å². The predicted octanol–water partition coefficient (Wildman–Crippen LogP) is 1.90. The van der Waals surface area contributed by atoms with Crippen molar-refractivity contribution in [3.8, 4) is 0 Å². The molecule has 0 aromatic carbocycles. The summed E-state index contributed by atoms with van der Waals surface area (Å²) in [6.45, 7) is 8.75. The second kappa shape index (κ2) is 7.74. The molecule has 1 aliphatic heterocycles. The molecule has 0 unspecified atom stereocenters. The third-order valence-corrected chi connectivity index (χ3v) is 4.97. The highest BCUT2D eigenvalue weighted by atomic mass is 32.2. The van der Waals surface area contributed by atoms with E-state index in [1.807, 2.05) is 13.0 Å². The van der Waals surface area contributed by atoms with Crippen molar-refractivity contribution in [2.75, 3.05) is 13.1 Å². The van der Waals surface area contributed by atoms with E-state index in [1.54, 1.807) is 11.8 Å². The summed E-state index contributed by atoms with van der Waals surface area (Å²) in [5.41, 5.74) is 0. The van der Waals surface area contributed by atoms with Crippen LogP contribution in [0.4, 0.5) is 0 Å². The maximum absolute atomic E-state index is 4.46. The fourth-order valence-electron chi connectivity index (χ4n) is 2.78. The number of rotatable bonds is 7. The highest BCUT2D eigenvalue weighted by Crippen LogP contribution is 2.28. The molecule has 0 saturated carbocycles. The summed E-state index contributed by atoms with van der Waals surface area (Å²) in [7, 11) is 0. The Morgan fingerprint density at radius 2 is 2.17 bits per heavy atom. The normalized spacial score (nSPS) is 15.9. The number of hydrogen-bond donors (Lipinski definition) is 2. The number of hydrogen-bond acceptors (Lipinski definition) is 6. The van der Waals surface area contributed by atoms with Crippen LogP contribution in [0.1, 0.15) is 43.2 Å². The Bertz CT molecular complexity index is 642. The minimum Gasteiger partial charge on any atom is -0.317 e. The predicted molar refractivity (Wildman–Crippen MR) is 90.4 cm³/mol. The second-order valence-corrected chi connectivity index (χ2v) is 6.55. The van der Waals surface area contributed by atoms with Crippen molar-refractivity contribution in [3.63, 3.8) is 0 Å². The first kappa shape index (κ1) is 16.2. The number of nitrogens with zero attached hydrogens (tertiary/aromatic N) is 5. The van der Waals surface area contributed by atoms with Crippen LogP contribution in [0.2, 0.25) is 0 Å². The molecule has 0 radical (unpaired) electrons. The maximum Gasteiger partial charge on any atom is 0.191 e. The molecule has 3 rings (SSSR count). The molecule has 2 N–H and O–H groups in total. The van der Waals surface area contributed by atoms with Gasteiger partial charge in [0.2, 0.25) is 0 Å². The molecular formula is C15H23N7S. The van der Waals surface area contributed by atoms with Crippen molar-refractivity contribution in [3.05, 3.63) is 30.1 Å². The fraction of sp³-hybridized carbons (Fsp3) is 0.600. The lowest BCUT2D eigenvalue weighted by molar-refractivity contribution is 0.431. The number of allylic oxidation sites excluding steroid dienone is 1. The number of H-pyrrole nitrogens is 1. The lowest BCUT2D eigenvalue weighted by Crippen LogP contribution is -2.28. The van der Waals surface area contributed by atoms with Crippen molar-refractivity contribution in [1.82, 2.24) is 35.3 Å². The molecular weight excluding hydrogens is 310 g/mol. The first-order valence-corrected chi connectivity index (χ1v) is 9.08. The van der Waals surface area contributed by atoms with Gasteiger partial charge < -0.3 is 9.88 Å². The maximum atomic E-state index is 4.46. The SMILES string of the molecule is C=CCn1c(SCc2nc(CC)n[nH]2)nnc1C1CCNCC1. The summed E-state index contributed by atoms with van der Waals surface area (Å²) in [6.07, 6.45) is 4.97. The van der Waals surface area contributed by atoms with E-state index in [2.05, 4.69) is 41.8 Å². The van der Waals surface area contributed by atoms with E-state index in [-0.39, 0.29) is 0 Å². The van der Waals surface area contributed by atoms with Crippen molar-refractivity contribution in [2.45, 2.75) is 49.6 Å².